The van der Waals surface area contributed by atoms with Crippen LogP contribution in [0, 0.1) is 5.92 Å². The van der Waals surface area contributed by atoms with E-state index in [4.69, 9.17) is 10.8 Å². The van der Waals surface area contributed by atoms with Crippen LogP contribution >= 0.6 is 0 Å². The second kappa shape index (κ2) is 3.05. The first-order valence-electron chi connectivity index (χ1n) is 2.99. The molecule has 2 heteroatoms. The summed E-state index contributed by atoms with van der Waals surface area (Å²) >= 11 is 0. The van der Waals surface area contributed by atoms with Crippen molar-refractivity contribution < 1.29 is 5.11 Å². The van der Waals surface area contributed by atoms with Gasteiger partial charge in [-0.25, -0.2) is 0 Å². The SMILES string of the molecule is C[C@H]([C@H](C)N)[C@@H](C)O. The molecule has 0 fully saturated rings. The zero-order chi connectivity index (χ0) is 6.73. The number of aliphatic hydroxyl groups excluding tert-OH is 1. The maximum Gasteiger partial charge on any atom is 0.0552 e. The summed E-state index contributed by atoms with van der Waals surface area (Å²) in [4.78, 5) is 0. The topological polar surface area (TPSA) is 46.2 Å². The average Bonchev–Trinajstić information content (AvgIpc) is 1.64. The van der Waals surface area contributed by atoms with Crippen LogP contribution in [0.25, 0.3) is 0 Å². The molecule has 0 aromatic heterocycles. The molecule has 0 saturated heterocycles. The Labute approximate surface area is 50.7 Å². The Morgan fingerprint density at radius 1 is 1.25 bits per heavy atom. The van der Waals surface area contributed by atoms with Gasteiger partial charge in [0.25, 0.3) is 0 Å². The summed E-state index contributed by atoms with van der Waals surface area (Å²) in [6.07, 6.45) is -0.282. The molecule has 0 aliphatic rings. The monoisotopic (exact) mass is 117 g/mol. The molecular formula is C6H15NO. The smallest absolute Gasteiger partial charge is 0.0552 e. The van der Waals surface area contributed by atoms with Crippen LogP contribution in [0.15, 0.2) is 0 Å². The molecule has 50 valence electrons. The lowest BCUT2D eigenvalue weighted by Crippen LogP contribution is -2.31. The second-order valence-electron chi connectivity index (χ2n) is 2.46. The maximum absolute atomic E-state index is 8.91. The Balaban J connectivity index is 3.46. The molecule has 0 saturated carbocycles. The molecule has 8 heavy (non-hydrogen) atoms. The quantitative estimate of drug-likeness (QED) is 0.548. The van der Waals surface area contributed by atoms with Crippen molar-refractivity contribution in [2.75, 3.05) is 0 Å². The van der Waals surface area contributed by atoms with E-state index in [0.29, 0.717) is 0 Å². The van der Waals surface area contributed by atoms with Crippen molar-refractivity contribution >= 4 is 0 Å². The molecule has 0 bridgehead atoms. The number of hydrogen-bond donors (Lipinski definition) is 2. The minimum Gasteiger partial charge on any atom is -0.393 e. The van der Waals surface area contributed by atoms with Crippen LogP contribution in [-0.4, -0.2) is 17.3 Å². The van der Waals surface area contributed by atoms with Gasteiger partial charge in [-0.1, -0.05) is 6.92 Å². The molecule has 0 radical (unpaired) electrons. The fourth-order valence-electron chi connectivity index (χ4n) is 0.439. The summed E-state index contributed by atoms with van der Waals surface area (Å²) in [7, 11) is 0. The van der Waals surface area contributed by atoms with Crippen molar-refractivity contribution in [1.82, 2.24) is 0 Å². The van der Waals surface area contributed by atoms with Crippen molar-refractivity contribution in [3.05, 3.63) is 0 Å². The van der Waals surface area contributed by atoms with Crippen molar-refractivity contribution in [1.29, 1.82) is 0 Å². The van der Waals surface area contributed by atoms with Crippen LogP contribution in [-0.2, 0) is 0 Å². The molecule has 0 amide bonds. The van der Waals surface area contributed by atoms with Gasteiger partial charge in [0.15, 0.2) is 0 Å². The van der Waals surface area contributed by atoms with Crippen LogP contribution in [0.4, 0.5) is 0 Å². The molecular weight excluding hydrogens is 102 g/mol. The zero-order valence-corrected chi connectivity index (χ0v) is 5.76. The van der Waals surface area contributed by atoms with Gasteiger partial charge in [0.2, 0.25) is 0 Å². The minimum atomic E-state index is -0.282. The summed E-state index contributed by atoms with van der Waals surface area (Å²) in [6, 6.07) is 0.0926. The fourth-order valence-corrected chi connectivity index (χ4v) is 0.439. The highest BCUT2D eigenvalue weighted by molar-refractivity contribution is 4.67. The van der Waals surface area contributed by atoms with E-state index in [0.717, 1.165) is 0 Å². The van der Waals surface area contributed by atoms with Crippen LogP contribution in [0.1, 0.15) is 20.8 Å². The lowest BCUT2D eigenvalue weighted by molar-refractivity contribution is 0.123. The predicted octanol–water partition coefficient (Wildman–Crippen LogP) is 0.350. The van der Waals surface area contributed by atoms with Gasteiger partial charge in [0.1, 0.15) is 0 Å². The third-order valence-corrected chi connectivity index (χ3v) is 1.59. The minimum absolute atomic E-state index is 0.0926. The molecule has 0 spiro atoms. The standard InChI is InChI=1S/C6H15NO/c1-4(5(2)7)6(3)8/h4-6,8H,7H2,1-3H3/t4-,5+,6-/m1/s1. The van der Waals surface area contributed by atoms with Crippen LogP contribution in [0.2, 0.25) is 0 Å². The maximum atomic E-state index is 8.91. The van der Waals surface area contributed by atoms with E-state index in [-0.39, 0.29) is 18.1 Å². The van der Waals surface area contributed by atoms with Crippen molar-refractivity contribution in [3.63, 3.8) is 0 Å². The highest BCUT2D eigenvalue weighted by Crippen LogP contribution is 2.04. The van der Waals surface area contributed by atoms with Crippen LogP contribution in [0.3, 0.4) is 0 Å². The fraction of sp³-hybridized carbons (Fsp3) is 1.00. The van der Waals surface area contributed by atoms with E-state index in [2.05, 4.69) is 0 Å². The number of aliphatic hydroxyl groups is 1. The Hall–Kier alpha value is -0.0800. The lowest BCUT2D eigenvalue weighted by Gasteiger charge is -2.17. The number of nitrogens with two attached hydrogens (primary N) is 1. The van der Waals surface area contributed by atoms with Gasteiger partial charge in [0.05, 0.1) is 6.10 Å². The zero-order valence-electron chi connectivity index (χ0n) is 5.76. The van der Waals surface area contributed by atoms with Crippen LogP contribution < -0.4 is 5.73 Å². The first kappa shape index (κ1) is 7.92. The number of hydrogen-bond acceptors (Lipinski definition) is 2. The van der Waals surface area contributed by atoms with Crippen molar-refractivity contribution in [3.8, 4) is 0 Å². The normalized spacial score (nSPS) is 22.1. The molecule has 2 nitrogen and oxygen atoms in total. The molecule has 0 aromatic carbocycles. The lowest BCUT2D eigenvalue weighted by atomic mass is 9.99. The van der Waals surface area contributed by atoms with Gasteiger partial charge >= 0.3 is 0 Å². The highest BCUT2D eigenvalue weighted by Gasteiger charge is 2.11. The van der Waals surface area contributed by atoms with E-state index in [1.165, 1.54) is 0 Å². The second-order valence-corrected chi connectivity index (χ2v) is 2.46. The third-order valence-electron chi connectivity index (χ3n) is 1.59. The van der Waals surface area contributed by atoms with E-state index in [1.54, 1.807) is 6.92 Å². The summed E-state index contributed by atoms with van der Waals surface area (Å²) in [5.74, 6) is 0.204. The third kappa shape index (κ3) is 2.28. The first-order valence-corrected chi connectivity index (χ1v) is 2.99. The summed E-state index contributed by atoms with van der Waals surface area (Å²) in [6.45, 7) is 5.60. The van der Waals surface area contributed by atoms with E-state index < -0.39 is 0 Å². The Kier molecular flexibility index (Phi) is 3.02. The van der Waals surface area contributed by atoms with Crippen molar-refractivity contribution in [2.24, 2.45) is 11.7 Å². The molecule has 0 unspecified atom stereocenters. The largest absolute Gasteiger partial charge is 0.393 e. The average molecular weight is 117 g/mol. The first-order chi connectivity index (χ1) is 3.55. The Bertz CT molecular complexity index is 53.5. The van der Waals surface area contributed by atoms with Crippen LogP contribution in [0.5, 0.6) is 0 Å². The van der Waals surface area contributed by atoms with E-state index in [9.17, 15) is 0 Å². The van der Waals surface area contributed by atoms with E-state index in [1.807, 2.05) is 13.8 Å². The summed E-state index contributed by atoms with van der Waals surface area (Å²) < 4.78 is 0. The molecule has 0 aliphatic heterocycles. The van der Waals surface area contributed by atoms with Gasteiger partial charge in [0, 0.05) is 6.04 Å². The predicted molar refractivity (Wildman–Crippen MR) is 34.5 cm³/mol. The summed E-state index contributed by atoms with van der Waals surface area (Å²) in [5.41, 5.74) is 5.48. The van der Waals surface area contributed by atoms with Gasteiger partial charge in [-0.2, -0.15) is 0 Å². The number of rotatable bonds is 2. The molecule has 0 aliphatic carbocycles. The highest BCUT2D eigenvalue weighted by atomic mass is 16.3. The Morgan fingerprint density at radius 2 is 1.62 bits per heavy atom. The van der Waals surface area contributed by atoms with E-state index >= 15 is 0 Å². The van der Waals surface area contributed by atoms with Gasteiger partial charge < -0.3 is 10.8 Å². The molecule has 3 atom stereocenters. The molecule has 0 heterocycles. The van der Waals surface area contributed by atoms with Gasteiger partial charge in [-0.15, -0.1) is 0 Å². The molecule has 0 aromatic rings. The van der Waals surface area contributed by atoms with Crippen molar-refractivity contribution in [2.45, 2.75) is 32.9 Å². The van der Waals surface area contributed by atoms with Gasteiger partial charge in [-0.05, 0) is 19.8 Å². The van der Waals surface area contributed by atoms with Gasteiger partial charge in [-0.3, -0.25) is 0 Å². The Morgan fingerprint density at radius 3 is 1.62 bits per heavy atom. The summed E-state index contributed by atoms with van der Waals surface area (Å²) in [5, 5.41) is 8.91. The molecule has 0 rings (SSSR count). The molecule has 3 N–H and O–H groups in total.